The topological polar surface area (TPSA) is 163 Å². The van der Waals surface area contributed by atoms with Gasteiger partial charge in [0.1, 0.15) is 39.5 Å². The van der Waals surface area contributed by atoms with Crippen LogP contribution in [-0.4, -0.2) is 67.6 Å². The number of benzene rings is 2. The van der Waals surface area contributed by atoms with Crippen LogP contribution in [0, 0.1) is 23.3 Å². The van der Waals surface area contributed by atoms with Gasteiger partial charge in [-0.25, -0.2) is 27.8 Å². The first-order valence-electron chi connectivity index (χ1n) is 16.6. The number of fused-ring (bicyclic) bond motifs is 2. The summed E-state index contributed by atoms with van der Waals surface area (Å²) in [4.78, 5) is 12.2. The third-order valence-electron chi connectivity index (χ3n) is 7.72. The fourth-order valence-electron chi connectivity index (χ4n) is 5.17. The van der Waals surface area contributed by atoms with Crippen molar-refractivity contribution in [1.29, 1.82) is 0 Å². The zero-order valence-electron chi connectivity index (χ0n) is 29.5. The van der Waals surface area contributed by atoms with Gasteiger partial charge in [-0.2, -0.15) is 24.3 Å². The number of rotatable bonds is 9. The van der Waals surface area contributed by atoms with Crippen molar-refractivity contribution in [2.75, 3.05) is 6.61 Å². The van der Waals surface area contributed by atoms with Gasteiger partial charge in [0.05, 0.1) is 18.0 Å². The molecule has 7 aromatic rings. The van der Waals surface area contributed by atoms with Crippen LogP contribution in [0.2, 0.25) is 0 Å². The molecular weight excluding hydrogens is 729 g/mol. The standard InChI is InChI=1S/C19H20F2N6O2.C16H12F2N6S/c1-4-29-19(28)25-22-16(14-7-5-12(20)9-15(14)21)10-13-6-8-17-23-24-18(11(2)3)27(17)26-13;1-8(2)16-21-19-13-6-5-12(22-24(13)16)15-14(20-23-25-15)10-4-3-9(17)7-11(10)18/h5-9,11H,4,10H2,1-3H3,(H,25,28);3-8H,1-2H3/b22-16+;. The average Bonchev–Trinajstić information content (AvgIpc) is 3.89. The van der Waals surface area contributed by atoms with Crippen LogP contribution in [-0.2, 0) is 11.2 Å². The number of nitrogens with one attached hydrogen (secondary N) is 1. The number of ether oxygens (including phenoxy) is 1. The highest BCUT2D eigenvalue weighted by molar-refractivity contribution is 7.09. The molecule has 0 saturated heterocycles. The molecule has 2 aromatic carbocycles. The number of carbonyl (C=O) groups is 1. The molecule has 0 aliphatic carbocycles. The summed E-state index contributed by atoms with van der Waals surface area (Å²) in [6.07, 6.45) is -0.711. The van der Waals surface area contributed by atoms with Crippen molar-refractivity contribution in [2.24, 2.45) is 5.10 Å². The van der Waals surface area contributed by atoms with Crippen molar-refractivity contribution >= 4 is 34.6 Å². The minimum absolute atomic E-state index is 0.0398. The van der Waals surface area contributed by atoms with E-state index in [0.717, 1.165) is 35.6 Å². The molecule has 0 bridgehead atoms. The molecule has 0 aliphatic rings. The summed E-state index contributed by atoms with van der Waals surface area (Å²) in [5, 5.41) is 33.5. The Labute approximate surface area is 309 Å². The van der Waals surface area contributed by atoms with Crippen LogP contribution in [0.1, 0.15) is 69.4 Å². The largest absolute Gasteiger partial charge is 0.449 e. The van der Waals surface area contributed by atoms with E-state index in [4.69, 9.17) is 4.74 Å². The van der Waals surface area contributed by atoms with E-state index < -0.39 is 29.4 Å². The molecule has 14 nitrogen and oxygen atoms in total. The zero-order chi connectivity index (χ0) is 38.5. The van der Waals surface area contributed by atoms with Gasteiger partial charge in [0, 0.05) is 41.5 Å². The monoisotopic (exact) mass is 760 g/mol. The van der Waals surface area contributed by atoms with Gasteiger partial charge in [0.15, 0.2) is 22.9 Å². The van der Waals surface area contributed by atoms with Gasteiger partial charge in [-0.3, -0.25) is 0 Å². The maximum Gasteiger partial charge on any atom is 0.427 e. The smallest absolute Gasteiger partial charge is 0.427 e. The van der Waals surface area contributed by atoms with Gasteiger partial charge < -0.3 is 4.74 Å². The first-order valence-corrected chi connectivity index (χ1v) is 17.4. The Hall–Kier alpha value is -6.24. The van der Waals surface area contributed by atoms with Crippen LogP contribution >= 0.6 is 11.5 Å². The second-order valence-corrected chi connectivity index (χ2v) is 13.0. The molecule has 0 atom stereocenters. The van der Waals surface area contributed by atoms with Crippen molar-refractivity contribution in [1.82, 2.24) is 54.6 Å². The number of aromatic nitrogens is 10. The summed E-state index contributed by atoms with van der Waals surface area (Å²) < 4.78 is 66.9. The molecule has 0 aliphatic heterocycles. The van der Waals surface area contributed by atoms with Crippen molar-refractivity contribution in [3.8, 4) is 21.8 Å². The Morgan fingerprint density at radius 3 is 2.06 bits per heavy atom. The number of halogens is 4. The maximum absolute atomic E-state index is 14.3. The third-order valence-corrected chi connectivity index (χ3v) is 8.47. The molecule has 7 rings (SSSR count). The lowest BCUT2D eigenvalue weighted by Gasteiger charge is -2.10. The van der Waals surface area contributed by atoms with Gasteiger partial charge in [-0.15, -0.1) is 25.5 Å². The number of hydrogen-bond acceptors (Lipinski definition) is 12. The lowest BCUT2D eigenvalue weighted by Crippen LogP contribution is -2.22. The molecule has 1 N–H and O–H groups in total. The minimum atomic E-state index is -0.803. The first kappa shape index (κ1) is 37.5. The van der Waals surface area contributed by atoms with E-state index in [9.17, 15) is 22.4 Å². The summed E-state index contributed by atoms with van der Waals surface area (Å²) in [6.45, 7) is 9.74. The van der Waals surface area contributed by atoms with Gasteiger partial charge >= 0.3 is 6.09 Å². The minimum Gasteiger partial charge on any atom is -0.449 e. The van der Waals surface area contributed by atoms with Crippen LogP contribution < -0.4 is 5.43 Å². The molecular formula is C35H32F4N12O2S. The summed E-state index contributed by atoms with van der Waals surface area (Å²) in [6, 6.07) is 13.5. The molecule has 5 heterocycles. The van der Waals surface area contributed by atoms with Crippen LogP contribution in [0.15, 0.2) is 65.8 Å². The number of hydrazone groups is 1. The van der Waals surface area contributed by atoms with E-state index >= 15 is 0 Å². The van der Waals surface area contributed by atoms with Gasteiger partial charge in [-0.1, -0.05) is 32.2 Å². The molecule has 278 valence electrons. The van der Waals surface area contributed by atoms with E-state index in [-0.39, 0.29) is 41.7 Å². The Kier molecular flexibility index (Phi) is 11.2. The molecule has 0 saturated carbocycles. The summed E-state index contributed by atoms with van der Waals surface area (Å²) in [5.41, 5.74) is 5.22. The van der Waals surface area contributed by atoms with Crippen molar-refractivity contribution in [3.05, 3.63) is 107 Å². The summed E-state index contributed by atoms with van der Waals surface area (Å²) >= 11 is 1.10. The van der Waals surface area contributed by atoms with Crippen molar-refractivity contribution in [3.63, 3.8) is 0 Å². The Morgan fingerprint density at radius 2 is 1.43 bits per heavy atom. The van der Waals surface area contributed by atoms with Crippen LogP contribution in [0.25, 0.3) is 33.1 Å². The number of carbonyl (C=O) groups excluding carboxylic acids is 1. The first-order chi connectivity index (χ1) is 25.9. The SMILES string of the molecule is CC(C)c1nnc2ccc(-c3snnc3-c3ccc(F)cc3F)nn12.CCOC(=O)N/N=C(\Cc1ccc2nnc(C(C)C)n2n1)c1ccc(F)cc1F. The summed E-state index contributed by atoms with van der Waals surface area (Å²) in [5.74, 6) is -1.20. The number of nitrogens with zero attached hydrogens (tertiary/aromatic N) is 11. The number of hydrogen-bond donors (Lipinski definition) is 1. The molecule has 0 radical (unpaired) electrons. The molecule has 54 heavy (non-hydrogen) atoms. The van der Waals surface area contributed by atoms with Crippen LogP contribution in [0.5, 0.6) is 0 Å². The van der Waals surface area contributed by atoms with E-state index in [1.807, 2.05) is 27.7 Å². The van der Waals surface area contributed by atoms with Crippen LogP contribution in [0.3, 0.4) is 0 Å². The zero-order valence-corrected chi connectivity index (χ0v) is 30.3. The van der Waals surface area contributed by atoms with Crippen LogP contribution in [0.4, 0.5) is 22.4 Å². The van der Waals surface area contributed by atoms with E-state index in [2.05, 4.69) is 50.7 Å². The lowest BCUT2D eigenvalue weighted by atomic mass is 10.0. The molecule has 5 aromatic heterocycles. The fourth-order valence-corrected chi connectivity index (χ4v) is 5.81. The summed E-state index contributed by atoms with van der Waals surface area (Å²) in [7, 11) is 0. The van der Waals surface area contributed by atoms with Gasteiger partial charge in [0.25, 0.3) is 0 Å². The third kappa shape index (κ3) is 8.20. The lowest BCUT2D eigenvalue weighted by molar-refractivity contribution is 0.152. The van der Waals surface area contributed by atoms with E-state index in [0.29, 0.717) is 39.1 Å². The molecule has 0 fully saturated rings. The van der Waals surface area contributed by atoms with Gasteiger partial charge in [-0.05, 0) is 67.0 Å². The second kappa shape index (κ2) is 16.2. The Bertz CT molecular complexity index is 2480. The fraction of sp³-hybridized carbons (Fsp3) is 0.257. The predicted octanol–water partition coefficient (Wildman–Crippen LogP) is 6.93. The normalized spacial score (nSPS) is 11.7. The molecule has 0 spiro atoms. The molecule has 0 unspecified atom stereocenters. The molecule has 19 heteroatoms. The maximum atomic E-state index is 14.3. The Morgan fingerprint density at radius 1 is 0.796 bits per heavy atom. The quantitative estimate of drug-likeness (QED) is 0.0928. The van der Waals surface area contributed by atoms with Crippen molar-refractivity contribution < 1.29 is 27.1 Å². The highest BCUT2D eigenvalue weighted by Crippen LogP contribution is 2.34. The highest BCUT2D eigenvalue weighted by Gasteiger charge is 2.20. The van der Waals surface area contributed by atoms with Gasteiger partial charge in [0.2, 0.25) is 0 Å². The molecule has 1 amide bonds. The van der Waals surface area contributed by atoms with E-state index in [1.165, 1.54) is 18.2 Å². The Balaban J connectivity index is 0.000000186. The average molecular weight is 761 g/mol. The van der Waals surface area contributed by atoms with E-state index in [1.54, 1.807) is 40.2 Å². The predicted molar refractivity (Wildman–Crippen MR) is 191 cm³/mol. The second-order valence-electron chi connectivity index (χ2n) is 12.3. The van der Waals surface area contributed by atoms with Crippen molar-refractivity contribution in [2.45, 2.75) is 52.9 Å². The highest BCUT2D eigenvalue weighted by atomic mass is 32.1. The number of amides is 1.